The Labute approximate surface area is 130 Å². The van der Waals surface area contributed by atoms with Crippen LogP contribution in [0.4, 0.5) is 0 Å². The SMILES string of the molecule is CO[Si](CCOCCOCCOCCC(C)C)(OC)OC. The van der Waals surface area contributed by atoms with Crippen molar-refractivity contribution in [3.8, 4) is 0 Å². The molecule has 0 radical (unpaired) electrons. The molecule has 0 spiro atoms. The minimum Gasteiger partial charge on any atom is -0.379 e. The van der Waals surface area contributed by atoms with E-state index in [1.165, 1.54) is 0 Å². The lowest BCUT2D eigenvalue weighted by Gasteiger charge is -2.24. The van der Waals surface area contributed by atoms with E-state index in [2.05, 4.69) is 13.8 Å². The van der Waals surface area contributed by atoms with Crippen LogP contribution in [0.25, 0.3) is 0 Å². The highest BCUT2D eigenvalue weighted by Gasteiger charge is 2.37. The quantitative estimate of drug-likeness (QED) is 0.339. The molecule has 0 N–H and O–H groups in total. The Kier molecular flexibility index (Phi) is 13.6. The maximum atomic E-state index is 5.48. The molecule has 0 heterocycles. The predicted molar refractivity (Wildman–Crippen MR) is 83.5 cm³/mol. The normalized spacial score (nSPS) is 12.3. The Hall–Kier alpha value is -0.0231. The standard InChI is InChI=1S/C14H32O6Si/c1-14(2)6-7-18-8-9-19-10-11-20-12-13-21(15-3,16-4)17-5/h14H,6-13H2,1-5H3. The largest absolute Gasteiger partial charge is 0.502 e. The molecule has 6 nitrogen and oxygen atoms in total. The van der Waals surface area contributed by atoms with Crippen LogP contribution >= 0.6 is 0 Å². The zero-order valence-corrected chi connectivity index (χ0v) is 15.2. The van der Waals surface area contributed by atoms with Crippen LogP contribution in [0.5, 0.6) is 0 Å². The molecule has 0 aromatic carbocycles. The van der Waals surface area contributed by atoms with Gasteiger partial charge in [0.1, 0.15) is 0 Å². The summed E-state index contributed by atoms with van der Waals surface area (Å²) in [7, 11) is 2.29. The summed E-state index contributed by atoms with van der Waals surface area (Å²) < 4.78 is 32.3. The van der Waals surface area contributed by atoms with Gasteiger partial charge in [0.05, 0.1) is 33.0 Å². The molecule has 0 amide bonds. The van der Waals surface area contributed by atoms with Gasteiger partial charge < -0.3 is 27.5 Å². The molecule has 0 saturated carbocycles. The number of rotatable bonds is 15. The molecule has 0 fully saturated rings. The fourth-order valence-electron chi connectivity index (χ4n) is 1.61. The van der Waals surface area contributed by atoms with Crippen LogP contribution in [0.2, 0.25) is 6.04 Å². The summed E-state index contributed by atoms with van der Waals surface area (Å²) in [6, 6.07) is 0.634. The summed E-state index contributed by atoms with van der Waals surface area (Å²) in [4.78, 5) is 0. The minimum absolute atomic E-state index is 0.538. The molecule has 0 rings (SSSR count). The first-order valence-electron chi connectivity index (χ1n) is 7.49. The molecular formula is C14H32O6Si. The van der Waals surface area contributed by atoms with Crippen molar-refractivity contribution in [2.24, 2.45) is 5.92 Å². The second-order valence-corrected chi connectivity index (χ2v) is 8.16. The molecule has 0 saturated heterocycles. The van der Waals surface area contributed by atoms with E-state index in [4.69, 9.17) is 27.5 Å². The Morgan fingerprint density at radius 3 is 1.52 bits per heavy atom. The van der Waals surface area contributed by atoms with E-state index in [-0.39, 0.29) is 0 Å². The molecule has 0 atom stereocenters. The van der Waals surface area contributed by atoms with Crippen LogP contribution in [0.15, 0.2) is 0 Å². The molecule has 0 unspecified atom stereocenters. The molecule has 0 aliphatic heterocycles. The maximum Gasteiger partial charge on any atom is 0.502 e. The molecular weight excluding hydrogens is 292 g/mol. The Morgan fingerprint density at radius 2 is 1.10 bits per heavy atom. The van der Waals surface area contributed by atoms with Gasteiger partial charge in [0.15, 0.2) is 0 Å². The van der Waals surface area contributed by atoms with E-state index >= 15 is 0 Å². The van der Waals surface area contributed by atoms with Crippen molar-refractivity contribution in [2.45, 2.75) is 26.3 Å². The average Bonchev–Trinajstić information content (AvgIpc) is 2.49. The van der Waals surface area contributed by atoms with Gasteiger partial charge in [0, 0.05) is 34.0 Å². The van der Waals surface area contributed by atoms with Crippen molar-refractivity contribution in [2.75, 3.05) is 61.0 Å². The summed E-state index contributed by atoms with van der Waals surface area (Å²) in [5.74, 6) is 0.682. The van der Waals surface area contributed by atoms with E-state index in [1.54, 1.807) is 21.3 Å². The van der Waals surface area contributed by atoms with Gasteiger partial charge in [-0.2, -0.15) is 0 Å². The maximum absolute atomic E-state index is 5.48. The van der Waals surface area contributed by atoms with Crippen LogP contribution in [-0.4, -0.2) is 69.8 Å². The van der Waals surface area contributed by atoms with E-state index in [1.807, 2.05) is 0 Å². The van der Waals surface area contributed by atoms with Gasteiger partial charge in [0.2, 0.25) is 0 Å². The summed E-state index contributed by atoms with van der Waals surface area (Å²) in [6.07, 6.45) is 1.09. The zero-order valence-electron chi connectivity index (χ0n) is 14.2. The van der Waals surface area contributed by atoms with Crippen LogP contribution in [-0.2, 0) is 27.5 Å². The molecule has 0 aromatic rings. The molecule has 21 heavy (non-hydrogen) atoms. The first kappa shape index (κ1) is 21.0. The molecule has 0 aromatic heterocycles. The van der Waals surface area contributed by atoms with Gasteiger partial charge >= 0.3 is 8.80 Å². The first-order valence-corrected chi connectivity index (χ1v) is 9.42. The Bertz CT molecular complexity index is 215. The second kappa shape index (κ2) is 13.6. The van der Waals surface area contributed by atoms with Gasteiger partial charge in [-0.25, -0.2) is 0 Å². The third kappa shape index (κ3) is 11.2. The molecule has 128 valence electrons. The van der Waals surface area contributed by atoms with Crippen molar-refractivity contribution in [1.82, 2.24) is 0 Å². The number of hydrogen-bond donors (Lipinski definition) is 0. The highest BCUT2D eigenvalue weighted by Crippen LogP contribution is 2.12. The number of hydrogen-bond acceptors (Lipinski definition) is 6. The van der Waals surface area contributed by atoms with E-state index < -0.39 is 8.80 Å². The smallest absolute Gasteiger partial charge is 0.379 e. The third-order valence-electron chi connectivity index (χ3n) is 3.07. The highest BCUT2D eigenvalue weighted by molar-refractivity contribution is 6.60. The fraction of sp³-hybridized carbons (Fsp3) is 1.00. The lowest BCUT2D eigenvalue weighted by molar-refractivity contribution is 0.0125. The number of ether oxygens (including phenoxy) is 3. The van der Waals surface area contributed by atoms with Gasteiger partial charge in [0.25, 0.3) is 0 Å². The van der Waals surface area contributed by atoms with Crippen LogP contribution in [0.1, 0.15) is 20.3 Å². The van der Waals surface area contributed by atoms with Crippen molar-refractivity contribution >= 4 is 8.80 Å². The van der Waals surface area contributed by atoms with Crippen molar-refractivity contribution in [3.63, 3.8) is 0 Å². The van der Waals surface area contributed by atoms with E-state index in [9.17, 15) is 0 Å². The molecule has 7 heteroatoms. The van der Waals surface area contributed by atoms with Crippen LogP contribution in [0, 0.1) is 5.92 Å². The van der Waals surface area contributed by atoms with Crippen molar-refractivity contribution in [1.29, 1.82) is 0 Å². The van der Waals surface area contributed by atoms with Gasteiger partial charge in [-0.1, -0.05) is 13.8 Å². The third-order valence-corrected chi connectivity index (χ3v) is 5.75. The summed E-state index contributed by atoms with van der Waals surface area (Å²) in [5.41, 5.74) is 0. The molecule has 0 bridgehead atoms. The van der Waals surface area contributed by atoms with E-state index in [0.29, 0.717) is 45.0 Å². The van der Waals surface area contributed by atoms with Crippen molar-refractivity contribution < 1.29 is 27.5 Å². The predicted octanol–water partition coefficient (Wildman–Crippen LogP) is 1.96. The summed E-state index contributed by atoms with van der Waals surface area (Å²) in [5, 5.41) is 0. The van der Waals surface area contributed by atoms with Crippen LogP contribution < -0.4 is 0 Å². The first-order chi connectivity index (χ1) is 10.1. The molecule has 0 aliphatic carbocycles. The molecule has 0 aliphatic rings. The Morgan fingerprint density at radius 1 is 0.667 bits per heavy atom. The lowest BCUT2D eigenvalue weighted by Crippen LogP contribution is -2.43. The Balaban J connectivity index is 3.33. The fourth-order valence-corrected chi connectivity index (χ4v) is 3.12. The van der Waals surface area contributed by atoms with Crippen LogP contribution in [0.3, 0.4) is 0 Å². The monoisotopic (exact) mass is 324 g/mol. The van der Waals surface area contributed by atoms with Gasteiger partial charge in [-0.3, -0.25) is 0 Å². The minimum atomic E-state index is -2.50. The van der Waals surface area contributed by atoms with Gasteiger partial charge in [-0.15, -0.1) is 0 Å². The topological polar surface area (TPSA) is 55.4 Å². The highest BCUT2D eigenvalue weighted by atomic mass is 28.4. The summed E-state index contributed by atoms with van der Waals surface area (Å²) in [6.45, 7) is 8.07. The lowest BCUT2D eigenvalue weighted by atomic mass is 10.1. The average molecular weight is 324 g/mol. The van der Waals surface area contributed by atoms with Gasteiger partial charge in [-0.05, 0) is 12.3 Å². The second-order valence-electron chi connectivity index (χ2n) is 5.07. The summed E-state index contributed by atoms with van der Waals surface area (Å²) >= 11 is 0. The zero-order chi connectivity index (χ0) is 16.0. The van der Waals surface area contributed by atoms with Crippen molar-refractivity contribution in [3.05, 3.63) is 0 Å². The van der Waals surface area contributed by atoms with E-state index in [0.717, 1.165) is 13.0 Å².